The molecule has 3 fully saturated rings. The lowest BCUT2D eigenvalue weighted by molar-refractivity contribution is -0.138. The number of rotatable bonds is 0. The van der Waals surface area contributed by atoms with Crippen molar-refractivity contribution in [3.8, 4) is 0 Å². The van der Waals surface area contributed by atoms with Crippen molar-refractivity contribution in [1.82, 2.24) is 0 Å². The number of hydrogen-bond donors (Lipinski definition) is 0. The van der Waals surface area contributed by atoms with Crippen LogP contribution in [0.5, 0.6) is 0 Å². The number of carbonyl (C=O) groups is 2. The zero-order chi connectivity index (χ0) is 19.1. The van der Waals surface area contributed by atoms with Crippen molar-refractivity contribution >= 4 is 11.6 Å². The molecule has 0 bridgehead atoms. The van der Waals surface area contributed by atoms with Gasteiger partial charge < -0.3 is 4.74 Å². The molecule has 3 nitrogen and oxygen atoms in total. The van der Waals surface area contributed by atoms with Crippen molar-refractivity contribution in [3.05, 3.63) is 24.3 Å². The van der Waals surface area contributed by atoms with E-state index in [1.807, 2.05) is 0 Å². The maximum Gasteiger partial charge on any atom is 0.169 e. The van der Waals surface area contributed by atoms with Crippen LogP contribution in [0.15, 0.2) is 24.3 Å². The molecule has 0 aromatic carbocycles. The Labute approximate surface area is 153 Å². The number of ketones is 2. The van der Waals surface area contributed by atoms with Crippen LogP contribution in [0.4, 0.5) is 0 Å². The van der Waals surface area contributed by atoms with Gasteiger partial charge in [-0.2, -0.15) is 0 Å². The van der Waals surface area contributed by atoms with Crippen LogP contribution in [-0.2, 0) is 14.3 Å². The van der Waals surface area contributed by atoms with Gasteiger partial charge in [0.15, 0.2) is 11.6 Å². The van der Waals surface area contributed by atoms with Crippen LogP contribution in [0.1, 0.15) is 59.3 Å². The van der Waals surface area contributed by atoms with E-state index in [4.69, 9.17) is 0 Å². The molecule has 0 aromatic rings. The quantitative estimate of drug-likeness (QED) is 0.456. The predicted octanol–water partition coefficient (Wildman–Crippen LogP) is 5.01. The fourth-order valence-electron chi connectivity index (χ4n) is 4.72. The summed E-state index contributed by atoms with van der Waals surface area (Å²) in [6.45, 7) is 14.4. The molecule has 4 unspecified atom stereocenters. The summed E-state index contributed by atoms with van der Waals surface area (Å²) in [6, 6.07) is 0. The van der Waals surface area contributed by atoms with Crippen molar-refractivity contribution in [2.75, 3.05) is 14.2 Å². The Morgan fingerprint density at radius 3 is 2.12 bits per heavy atom. The molecular weight excluding hydrogens is 312 g/mol. The average molecular weight is 349 g/mol. The van der Waals surface area contributed by atoms with Gasteiger partial charge in [-0.1, -0.05) is 53.2 Å². The van der Waals surface area contributed by atoms with E-state index < -0.39 is 5.92 Å². The van der Waals surface area contributed by atoms with E-state index in [0.29, 0.717) is 23.3 Å². The first-order chi connectivity index (χ1) is 11.8. The molecule has 142 valence electrons. The zero-order valence-electron chi connectivity index (χ0n) is 16.8. The van der Waals surface area contributed by atoms with E-state index in [0.717, 1.165) is 24.8 Å². The molecule has 0 aliphatic heterocycles. The highest BCUT2D eigenvalue weighted by Gasteiger charge is 2.52. The fourth-order valence-corrected chi connectivity index (χ4v) is 4.72. The number of ether oxygens (including phenoxy) is 1. The lowest BCUT2D eigenvalue weighted by Crippen LogP contribution is -2.50. The highest BCUT2D eigenvalue weighted by Crippen LogP contribution is 2.52. The van der Waals surface area contributed by atoms with Gasteiger partial charge in [-0.15, -0.1) is 0 Å². The molecular formula is C22H36O3. The Balaban J connectivity index is 0.000000460. The standard InChI is InChI=1S/C17H22O2.C3H8.C2H6O/c1-9-5-4-6-12-13-8-7-10(2)16(18)15(13)17(19)11(3)14(9)12;2*1-3-2/h9,12-15H,2-8H2,1H3;3H2,1-2H3;1-2H3/t9-,12?,13?,14?,15?;;/m0../s1. The first-order valence-electron chi connectivity index (χ1n) is 9.70. The average Bonchev–Trinajstić information content (AvgIpc) is 2.56. The maximum absolute atomic E-state index is 12.6. The largest absolute Gasteiger partial charge is 0.388 e. The summed E-state index contributed by atoms with van der Waals surface area (Å²) in [5.41, 5.74) is 1.37. The number of carbonyl (C=O) groups excluding carboxylic acids is 2. The molecule has 3 heteroatoms. The van der Waals surface area contributed by atoms with Crippen molar-refractivity contribution < 1.29 is 14.3 Å². The number of fused-ring (bicyclic) bond motifs is 3. The van der Waals surface area contributed by atoms with Crippen molar-refractivity contribution in [1.29, 1.82) is 0 Å². The maximum atomic E-state index is 12.6. The van der Waals surface area contributed by atoms with Gasteiger partial charge in [-0.3, -0.25) is 9.59 Å². The third kappa shape index (κ3) is 4.69. The second-order valence-corrected chi connectivity index (χ2v) is 7.75. The summed E-state index contributed by atoms with van der Waals surface area (Å²) >= 11 is 0. The molecule has 3 saturated carbocycles. The van der Waals surface area contributed by atoms with Gasteiger partial charge in [0.05, 0.1) is 5.92 Å². The third-order valence-electron chi connectivity index (χ3n) is 5.66. The Morgan fingerprint density at radius 1 is 1.00 bits per heavy atom. The SMILES string of the molecule is C=C1CCC2C(C1=O)C(=O)C(=C)C1C2CCC[C@@H]1C.CCC.COC. The van der Waals surface area contributed by atoms with Gasteiger partial charge in [0.25, 0.3) is 0 Å². The summed E-state index contributed by atoms with van der Waals surface area (Å²) in [5, 5.41) is 0. The molecule has 3 rings (SSSR count). The summed E-state index contributed by atoms with van der Waals surface area (Å²) in [4.78, 5) is 24.9. The van der Waals surface area contributed by atoms with Gasteiger partial charge in [-0.05, 0) is 54.1 Å². The van der Waals surface area contributed by atoms with Crippen molar-refractivity contribution in [2.45, 2.75) is 59.3 Å². The fraction of sp³-hybridized carbons (Fsp3) is 0.727. The van der Waals surface area contributed by atoms with Crippen molar-refractivity contribution in [2.24, 2.45) is 29.6 Å². The number of allylic oxidation sites excluding steroid dienone is 2. The summed E-state index contributed by atoms with van der Waals surface area (Å²) in [7, 11) is 3.25. The molecule has 3 aliphatic carbocycles. The van der Waals surface area contributed by atoms with E-state index in [9.17, 15) is 9.59 Å². The Kier molecular flexibility index (Phi) is 8.78. The number of hydrogen-bond acceptors (Lipinski definition) is 3. The van der Waals surface area contributed by atoms with E-state index in [1.165, 1.54) is 19.3 Å². The monoisotopic (exact) mass is 348 g/mol. The molecule has 0 spiro atoms. The zero-order valence-corrected chi connectivity index (χ0v) is 16.8. The minimum Gasteiger partial charge on any atom is -0.388 e. The highest BCUT2D eigenvalue weighted by molar-refractivity contribution is 6.16. The van der Waals surface area contributed by atoms with E-state index in [1.54, 1.807) is 14.2 Å². The summed E-state index contributed by atoms with van der Waals surface area (Å²) < 4.78 is 4.25. The molecule has 0 aromatic heterocycles. The first kappa shape index (κ1) is 21.8. The van der Waals surface area contributed by atoms with Crippen LogP contribution >= 0.6 is 0 Å². The molecule has 0 radical (unpaired) electrons. The topological polar surface area (TPSA) is 43.4 Å². The Morgan fingerprint density at radius 2 is 1.56 bits per heavy atom. The minimum atomic E-state index is -0.444. The molecule has 3 aliphatic rings. The van der Waals surface area contributed by atoms with Crippen LogP contribution in [-0.4, -0.2) is 25.8 Å². The number of Topliss-reactive ketones (excluding diaryl/α,β-unsaturated/α-hetero) is 2. The highest BCUT2D eigenvalue weighted by atomic mass is 16.4. The van der Waals surface area contributed by atoms with Crippen LogP contribution in [0.2, 0.25) is 0 Å². The lowest BCUT2D eigenvalue weighted by Gasteiger charge is -2.49. The second kappa shape index (κ2) is 10.1. The lowest BCUT2D eigenvalue weighted by atomic mass is 9.53. The van der Waals surface area contributed by atoms with Crippen LogP contribution < -0.4 is 0 Å². The molecule has 5 atom stereocenters. The van der Waals surface area contributed by atoms with Gasteiger partial charge in [-0.25, -0.2) is 0 Å². The Hall–Kier alpha value is -1.22. The van der Waals surface area contributed by atoms with E-state index >= 15 is 0 Å². The van der Waals surface area contributed by atoms with Crippen LogP contribution in [0.25, 0.3) is 0 Å². The smallest absolute Gasteiger partial charge is 0.169 e. The Bertz CT molecular complexity index is 503. The predicted molar refractivity (Wildman–Crippen MR) is 103 cm³/mol. The molecule has 25 heavy (non-hydrogen) atoms. The van der Waals surface area contributed by atoms with Gasteiger partial charge in [0.1, 0.15) is 0 Å². The van der Waals surface area contributed by atoms with E-state index in [2.05, 4.69) is 38.7 Å². The minimum absolute atomic E-state index is 0.000855. The first-order valence-corrected chi connectivity index (χ1v) is 9.70. The van der Waals surface area contributed by atoms with Crippen LogP contribution in [0, 0.1) is 29.6 Å². The molecule has 0 heterocycles. The number of methoxy groups -OCH3 is 1. The van der Waals surface area contributed by atoms with Gasteiger partial charge >= 0.3 is 0 Å². The molecule has 0 N–H and O–H groups in total. The van der Waals surface area contributed by atoms with Crippen molar-refractivity contribution in [3.63, 3.8) is 0 Å². The molecule has 0 amide bonds. The van der Waals surface area contributed by atoms with E-state index in [-0.39, 0.29) is 17.5 Å². The van der Waals surface area contributed by atoms with Gasteiger partial charge in [0.2, 0.25) is 0 Å². The second-order valence-electron chi connectivity index (χ2n) is 7.75. The normalized spacial score (nSPS) is 34.0. The molecule has 0 saturated heterocycles. The summed E-state index contributed by atoms with van der Waals surface area (Å²) in [5.74, 6) is 1.18. The van der Waals surface area contributed by atoms with Gasteiger partial charge in [0, 0.05) is 14.2 Å². The third-order valence-corrected chi connectivity index (χ3v) is 5.66. The summed E-state index contributed by atoms with van der Waals surface area (Å²) in [6.07, 6.45) is 6.55. The van der Waals surface area contributed by atoms with Crippen LogP contribution in [0.3, 0.4) is 0 Å².